The Morgan fingerprint density at radius 3 is 2.71 bits per heavy atom. The number of amides is 2. The molecule has 21 heavy (non-hydrogen) atoms. The van der Waals surface area contributed by atoms with Gasteiger partial charge in [0.05, 0.1) is 12.0 Å². The van der Waals surface area contributed by atoms with Crippen LogP contribution in [0.1, 0.15) is 38.7 Å². The third kappa shape index (κ3) is 3.61. The van der Waals surface area contributed by atoms with Crippen molar-refractivity contribution in [3.05, 3.63) is 29.8 Å². The maximum Gasteiger partial charge on any atom is 0.232 e. The fraction of sp³-hybridized carbons (Fsp3) is 0.500. The molecular formula is C16H22N2O3. The van der Waals surface area contributed by atoms with E-state index in [0.717, 1.165) is 11.3 Å². The molecule has 0 aliphatic carbocycles. The number of rotatable bonds is 4. The van der Waals surface area contributed by atoms with Crippen LogP contribution in [0.2, 0.25) is 0 Å². The van der Waals surface area contributed by atoms with Crippen LogP contribution in [0, 0.1) is 5.41 Å². The van der Waals surface area contributed by atoms with Crippen molar-refractivity contribution in [3.63, 3.8) is 0 Å². The molecule has 5 nitrogen and oxygen atoms in total. The van der Waals surface area contributed by atoms with Crippen molar-refractivity contribution < 1.29 is 14.7 Å². The fourth-order valence-electron chi connectivity index (χ4n) is 2.25. The summed E-state index contributed by atoms with van der Waals surface area (Å²) in [6.07, 6.45) is -0.522. The number of anilines is 1. The normalized spacial score (nSPS) is 18.9. The van der Waals surface area contributed by atoms with E-state index in [1.807, 2.05) is 45.0 Å². The zero-order valence-electron chi connectivity index (χ0n) is 12.6. The van der Waals surface area contributed by atoms with Crippen molar-refractivity contribution in [3.8, 4) is 0 Å². The number of aliphatic hydroxyl groups is 1. The maximum absolute atomic E-state index is 12.0. The van der Waals surface area contributed by atoms with Crippen molar-refractivity contribution in [1.29, 1.82) is 0 Å². The van der Waals surface area contributed by atoms with E-state index in [2.05, 4.69) is 10.6 Å². The largest absolute Gasteiger partial charge is 0.391 e. The van der Waals surface area contributed by atoms with E-state index in [-0.39, 0.29) is 30.2 Å². The van der Waals surface area contributed by atoms with Crippen LogP contribution in [0.5, 0.6) is 0 Å². The lowest BCUT2D eigenvalue weighted by Crippen LogP contribution is -2.39. The summed E-state index contributed by atoms with van der Waals surface area (Å²) in [7, 11) is 0. The highest BCUT2D eigenvalue weighted by Gasteiger charge is 2.32. The predicted octanol–water partition coefficient (Wildman–Crippen LogP) is 1.64. The van der Waals surface area contributed by atoms with Gasteiger partial charge in [0.2, 0.25) is 11.8 Å². The third-order valence-electron chi connectivity index (χ3n) is 3.79. The lowest BCUT2D eigenvalue weighted by Gasteiger charge is -2.26. The van der Waals surface area contributed by atoms with Gasteiger partial charge >= 0.3 is 0 Å². The summed E-state index contributed by atoms with van der Waals surface area (Å²) in [6, 6.07) is 7.39. The Hall–Kier alpha value is -1.88. The molecule has 0 saturated heterocycles. The number of aliphatic hydroxyl groups excluding tert-OH is 1. The van der Waals surface area contributed by atoms with Crippen LogP contribution in [0.25, 0.3) is 0 Å². The van der Waals surface area contributed by atoms with Crippen LogP contribution in [0.3, 0.4) is 0 Å². The van der Waals surface area contributed by atoms with Gasteiger partial charge in [0.1, 0.15) is 0 Å². The Morgan fingerprint density at radius 1 is 1.38 bits per heavy atom. The quantitative estimate of drug-likeness (QED) is 0.788. The summed E-state index contributed by atoms with van der Waals surface area (Å²) in [5.41, 5.74) is 1.34. The van der Waals surface area contributed by atoms with Crippen molar-refractivity contribution in [1.82, 2.24) is 5.32 Å². The Labute approximate surface area is 124 Å². The van der Waals surface area contributed by atoms with Gasteiger partial charge in [0.15, 0.2) is 0 Å². The molecule has 0 spiro atoms. The molecule has 1 aliphatic rings. The number of carbonyl (C=O) groups is 2. The fourth-order valence-corrected chi connectivity index (χ4v) is 2.25. The van der Waals surface area contributed by atoms with Gasteiger partial charge in [-0.05, 0) is 17.0 Å². The van der Waals surface area contributed by atoms with Crippen LogP contribution < -0.4 is 10.6 Å². The number of fused-ring (bicyclic) bond motifs is 1. The molecule has 0 bridgehead atoms. The molecule has 1 aliphatic heterocycles. The van der Waals surface area contributed by atoms with Crippen molar-refractivity contribution >= 4 is 17.5 Å². The Morgan fingerprint density at radius 2 is 2.05 bits per heavy atom. The molecule has 0 fully saturated rings. The highest BCUT2D eigenvalue weighted by molar-refractivity contribution is 6.04. The summed E-state index contributed by atoms with van der Waals surface area (Å²) >= 11 is 0. The molecule has 3 N–H and O–H groups in total. The lowest BCUT2D eigenvalue weighted by molar-refractivity contribution is -0.125. The van der Waals surface area contributed by atoms with Gasteiger partial charge in [-0.15, -0.1) is 0 Å². The first-order valence-electron chi connectivity index (χ1n) is 7.13. The first kappa shape index (κ1) is 15.5. The average molecular weight is 290 g/mol. The molecule has 2 amide bonds. The van der Waals surface area contributed by atoms with E-state index in [1.54, 1.807) is 0 Å². The van der Waals surface area contributed by atoms with Gasteiger partial charge < -0.3 is 15.7 Å². The Balaban J connectivity index is 1.93. The minimum absolute atomic E-state index is 0.0969. The van der Waals surface area contributed by atoms with Crippen LogP contribution in [-0.4, -0.2) is 29.6 Å². The van der Waals surface area contributed by atoms with Crippen LogP contribution in [0.15, 0.2) is 24.3 Å². The molecule has 114 valence electrons. The summed E-state index contributed by atoms with van der Waals surface area (Å²) in [5.74, 6) is -0.828. The van der Waals surface area contributed by atoms with Gasteiger partial charge in [-0.2, -0.15) is 0 Å². The molecule has 1 heterocycles. The van der Waals surface area contributed by atoms with Crippen LogP contribution in [0.4, 0.5) is 5.69 Å². The average Bonchev–Trinajstić information content (AvgIpc) is 2.71. The van der Waals surface area contributed by atoms with E-state index in [9.17, 15) is 14.7 Å². The van der Waals surface area contributed by atoms with Crippen molar-refractivity contribution in [2.24, 2.45) is 5.41 Å². The minimum atomic E-state index is -0.619. The number of hydrogen-bond donors (Lipinski definition) is 3. The topological polar surface area (TPSA) is 78.4 Å². The second-order valence-corrected chi connectivity index (χ2v) is 6.52. The van der Waals surface area contributed by atoms with Crippen LogP contribution in [-0.2, 0) is 9.59 Å². The first-order chi connectivity index (χ1) is 9.79. The number of para-hydroxylation sites is 1. The highest BCUT2D eigenvalue weighted by Crippen LogP contribution is 2.34. The van der Waals surface area contributed by atoms with Gasteiger partial charge in [-0.1, -0.05) is 39.0 Å². The van der Waals surface area contributed by atoms with E-state index in [0.29, 0.717) is 0 Å². The number of benzene rings is 1. The van der Waals surface area contributed by atoms with Gasteiger partial charge in [0.25, 0.3) is 0 Å². The molecule has 0 aromatic heterocycles. The first-order valence-corrected chi connectivity index (χ1v) is 7.13. The number of carbonyl (C=O) groups excluding carboxylic acids is 2. The minimum Gasteiger partial charge on any atom is -0.391 e. The molecule has 2 atom stereocenters. The smallest absolute Gasteiger partial charge is 0.232 e. The third-order valence-corrected chi connectivity index (χ3v) is 3.79. The van der Waals surface area contributed by atoms with E-state index < -0.39 is 12.0 Å². The monoisotopic (exact) mass is 290 g/mol. The van der Waals surface area contributed by atoms with Gasteiger partial charge in [-0.3, -0.25) is 9.59 Å². The van der Waals surface area contributed by atoms with E-state index >= 15 is 0 Å². The Kier molecular flexibility index (Phi) is 4.32. The second-order valence-electron chi connectivity index (χ2n) is 6.52. The maximum atomic E-state index is 12.0. The molecule has 0 saturated carbocycles. The summed E-state index contributed by atoms with van der Waals surface area (Å²) in [4.78, 5) is 23.9. The Bertz CT molecular complexity index is 549. The van der Waals surface area contributed by atoms with E-state index in [4.69, 9.17) is 0 Å². The highest BCUT2D eigenvalue weighted by atomic mass is 16.3. The van der Waals surface area contributed by atoms with Crippen molar-refractivity contribution in [2.75, 3.05) is 11.9 Å². The van der Waals surface area contributed by atoms with Crippen LogP contribution >= 0.6 is 0 Å². The zero-order valence-corrected chi connectivity index (χ0v) is 12.6. The molecule has 1 aromatic rings. The zero-order chi connectivity index (χ0) is 15.6. The number of nitrogens with one attached hydrogen (secondary N) is 2. The van der Waals surface area contributed by atoms with Gasteiger partial charge in [-0.25, -0.2) is 0 Å². The predicted molar refractivity (Wildman–Crippen MR) is 80.9 cm³/mol. The van der Waals surface area contributed by atoms with E-state index in [1.165, 1.54) is 0 Å². The molecular weight excluding hydrogens is 268 g/mol. The summed E-state index contributed by atoms with van der Waals surface area (Å²) in [6.45, 7) is 5.91. The molecule has 2 unspecified atom stereocenters. The second kappa shape index (κ2) is 5.85. The number of hydrogen-bond acceptors (Lipinski definition) is 3. The summed E-state index contributed by atoms with van der Waals surface area (Å²) < 4.78 is 0. The molecule has 1 aromatic carbocycles. The van der Waals surface area contributed by atoms with Gasteiger partial charge in [0, 0.05) is 18.7 Å². The lowest BCUT2D eigenvalue weighted by atomic mass is 9.89. The SMILES string of the molecule is CC(C)(C)C(O)CNC(=O)CC1C(=O)Nc2ccccc21. The summed E-state index contributed by atoms with van der Waals surface area (Å²) in [5, 5.41) is 15.4. The molecule has 5 heteroatoms. The molecule has 0 radical (unpaired) electrons. The van der Waals surface area contributed by atoms with Crippen molar-refractivity contribution in [2.45, 2.75) is 39.2 Å². The molecule has 2 rings (SSSR count). The standard InChI is InChI=1S/C16H22N2O3/c1-16(2,3)13(19)9-17-14(20)8-11-10-6-4-5-7-12(10)18-15(11)21/h4-7,11,13,19H,8-9H2,1-3H3,(H,17,20)(H,18,21).